The molecule has 98 valence electrons. The number of nitrogens with one attached hydrogen (secondary N) is 2. The number of carbonyl (C=O) groups is 2. The molecule has 0 aliphatic rings. The summed E-state index contributed by atoms with van der Waals surface area (Å²) in [6, 6.07) is 5.37. The lowest BCUT2D eigenvalue weighted by Gasteiger charge is -2.11. The van der Waals surface area contributed by atoms with Gasteiger partial charge >= 0.3 is 12.0 Å². The first-order valence-electron chi connectivity index (χ1n) is 5.72. The number of hydrogen-bond donors (Lipinski definition) is 2. The van der Waals surface area contributed by atoms with E-state index in [4.69, 9.17) is 0 Å². The van der Waals surface area contributed by atoms with Gasteiger partial charge in [0.15, 0.2) is 0 Å². The maximum atomic E-state index is 11.6. The molecule has 0 spiro atoms. The summed E-state index contributed by atoms with van der Waals surface area (Å²) in [5.41, 5.74) is 2.91. The van der Waals surface area contributed by atoms with Crippen molar-refractivity contribution in [3.63, 3.8) is 0 Å². The van der Waals surface area contributed by atoms with Gasteiger partial charge in [0.2, 0.25) is 0 Å². The molecule has 5 nitrogen and oxygen atoms in total. The highest BCUT2D eigenvalue weighted by Crippen LogP contribution is 2.17. The highest BCUT2D eigenvalue weighted by atomic mass is 16.5. The zero-order valence-electron chi connectivity index (χ0n) is 10.9. The first-order chi connectivity index (χ1) is 8.54. The van der Waals surface area contributed by atoms with Crippen LogP contribution in [0.4, 0.5) is 10.5 Å². The summed E-state index contributed by atoms with van der Waals surface area (Å²) in [5.74, 6) is -0.345. The van der Waals surface area contributed by atoms with Gasteiger partial charge in [-0.05, 0) is 31.0 Å². The molecule has 0 fully saturated rings. The van der Waals surface area contributed by atoms with E-state index >= 15 is 0 Å². The SMILES string of the molecule is COC(=O)CCNC(=O)Nc1cccc(C)c1C. The molecule has 1 aromatic rings. The number of urea groups is 1. The van der Waals surface area contributed by atoms with Crippen molar-refractivity contribution in [3.8, 4) is 0 Å². The zero-order chi connectivity index (χ0) is 13.5. The number of aryl methyl sites for hydroxylation is 1. The normalized spacial score (nSPS) is 9.72. The highest BCUT2D eigenvalue weighted by molar-refractivity contribution is 5.90. The van der Waals surface area contributed by atoms with Crippen LogP contribution in [0.2, 0.25) is 0 Å². The number of anilines is 1. The molecule has 0 saturated carbocycles. The predicted octanol–water partition coefficient (Wildman–Crippen LogP) is 1.99. The number of methoxy groups -OCH3 is 1. The molecule has 0 saturated heterocycles. The van der Waals surface area contributed by atoms with Crippen molar-refractivity contribution in [2.45, 2.75) is 20.3 Å². The monoisotopic (exact) mass is 250 g/mol. The van der Waals surface area contributed by atoms with Crippen molar-refractivity contribution in [3.05, 3.63) is 29.3 Å². The summed E-state index contributed by atoms with van der Waals surface area (Å²) in [4.78, 5) is 22.4. The van der Waals surface area contributed by atoms with E-state index in [-0.39, 0.29) is 25.0 Å². The molecule has 2 amide bonds. The van der Waals surface area contributed by atoms with Crippen LogP contribution in [0, 0.1) is 13.8 Å². The van der Waals surface area contributed by atoms with Gasteiger partial charge in [0, 0.05) is 12.2 Å². The van der Waals surface area contributed by atoms with Gasteiger partial charge < -0.3 is 15.4 Å². The Bertz CT molecular complexity index is 444. The fourth-order valence-electron chi connectivity index (χ4n) is 1.43. The second-order valence-corrected chi connectivity index (χ2v) is 3.95. The van der Waals surface area contributed by atoms with Gasteiger partial charge in [0.25, 0.3) is 0 Å². The van der Waals surface area contributed by atoms with Gasteiger partial charge in [-0.3, -0.25) is 4.79 Å². The number of hydrogen-bond acceptors (Lipinski definition) is 3. The minimum Gasteiger partial charge on any atom is -0.469 e. The van der Waals surface area contributed by atoms with Gasteiger partial charge in [-0.15, -0.1) is 0 Å². The van der Waals surface area contributed by atoms with Crippen LogP contribution in [-0.2, 0) is 9.53 Å². The lowest BCUT2D eigenvalue weighted by atomic mass is 10.1. The average Bonchev–Trinajstić information content (AvgIpc) is 2.34. The Balaban J connectivity index is 2.45. The fraction of sp³-hybridized carbons (Fsp3) is 0.385. The van der Waals surface area contributed by atoms with Crippen molar-refractivity contribution in [2.75, 3.05) is 19.0 Å². The number of ether oxygens (including phenoxy) is 1. The van der Waals surface area contributed by atoms with Crippen LogP contribution >= 0.6 is 0 Å². The summed E-state index contributed by atoms with van der Waals surface area (Å²) in [6.07, 6.45) is 0.163. The van der Waals surface area contributed by atoms with E-state index in [1.165, 1.54) is 7.11 Å². The molecule has 1 aromatic carbocycles. The van der Waals surface area contributed by atoms with Gasteiger partial charge in [-0.2, -0.15) is 0 Å². The summed E-state index contributed by atoms with van der Waals surface area (Å²) >= 11 is 0. The second kappa shape index (κ2) is 6.64. The molecule has 2 N–H and O–H groups in total. The van der Waals surface area contributed by atoms with Crippen molar-refractivity contribution in [1.82, 2.24) is 5.32 Å². The van der Waals surface area contributed by atoms with E-state index in [1.54, 1.807) is 0 Å². The van der Waals surface area contributed by atoms with Crippen molar-refractivity contribution in [1.29, 1.82) is 0 Å². The summed E-state index contributed by atoms with van der Waals surface area (Å²) in [7, 11) is 1.32. The minimum absolute atomic E-state index is 0.163. The molecular formula is C13H18N2O3. The molecule has 1 rings (SSSR count). The Morgan fingerprint density at radius 3 is 2.67 bits per heavy atom. The number of amides is 2. The summed E-state index contributed by atoms with van der Waals surface area (Å²) in [6.45, 7) is 4.18. The predicted molar refractivity (Wildman–Crippen MR) is 69.6 cm³/mol. The van der Waals surface area contributed by atoms with E-state index in [0.717, 1.165) is 16.8 Å². The van der Waals surface area contributed by atoms with Crippen LogP contribution in [0.3, 0.4) is 0 Å². The number of benzene rings is 1. The minimum atomic E-state index is -0.345. The van der Waals surface area contributed by atoms with Crippen molar-refractivity contribution < 1.29 is 14.3 Å². The largest absolute Gasteiger partial charge is 0.469 e. The molecule has 0 heterocycles. The lowest BCUT2D eigenvalue weighted by Crippen LogP contribution is -2.31. The third kappa shape index (κ3) is 4.08. The van der Waals surface area contributed by atoms with Gasteiger partial charge in [-0.1, -0.05) is 12.1 Å². The third-order valence-corrected chi connectivity index (χ3v) is 2.70. The quantitative estimate of drug-likeness (QED) is 0.803. The van der Waals surface area contributed by atoms with E-state index < -0.39 is 0 Å². The third-order valence-electron chi connectivity index (χ3n) is 2.70. The van der Waals surface area contributed by atoms with Crippen LogP contribution in [-0.4, -0.2) is 25.7 Å². The molecule has 0 aliphatic heterocycles. The van der Waals surface area contributed by atoms with Gasteiger partial charge in [-0.25, -0.2) is 4.79 Å². The molecule has 0 atom stereocenters. The van der Waals surface area contributed by atoms with Crippen LogP contribution in [0.1, 0.15) is 17.5 Å². The van der Waals surface area contributed by atoms with E-state index in [2.05, 4.69) is 15.4 Å². The Kier molecular flexibility index (Phi) is 5.17. The molecular weight excluding hydrogens is 232 g/mol. The van der Waals surface area contributed by atoms with E-state index in [0.29, 0.717) is 0 Å². The first-order valence-corrected chi connectivity index (χ1v) is 5.72. The van der Waals surface area contributed by atoms with E-state index in [9.17, 15) is 9.59 Å². The zero-order valence-corrected chi connectivity index (χ0v) is 10.9. The number of rotatable bonds is 4. The highest BCUT2D eigenvalue weighted by Gasteiger charge is 2.06. The van der Waals surface area contributed by atoms with Crippen molar-refractivity contribution >= 4 is 17.7 Å². The lowest BCUT2D eigenvalue weighted by molar-refractivity contribution is -0.140. The second-order valence-electron chi connectivity index (χ2n) is 3.95. The Morgan fingerprint density at radius 1 is 1.28 bits per heavy atom. The standard InChI is InChI=1S/C13H18N2O3/c1-9-5-4-6-11(10(9)2)15-13(17)14-8-7-12(16)18-3/h4-6H,7-8H2,1-3H3,(H2,14,15,17). The van der Waals surface area contributed by atoms with Crippen LogP contribution < -0.4 is 10.6 Å². The number of esters is 1. The van der Waals surface area contributed by atoms with Crippen LogP contribution in [0.5, 0.6) is 0 Å². The maximum absolute atomic E-state index is 11.6. The van der Waals surface area contributed by atoms with Gasteiger partial charge in [0.05, 0.1) is 13.5 Å². The molecule has 5 heteroatoms. The Morgan fingerprint density at radius 2 is 2.00 bits per heavy atom. The number of carbonyl (C=O) groups excluding carboxylic acids is 2. The first kappa shape index (κ1) is 14.0. The average molecular weight is 250 g/mol. The van der Waals surface area contributed by atoms with Crippen LogP contribution in [0.15, 0.2) is 18.2 Å². The molecule has 0 radical (unpaired) electrons. The summed E-state index contributed by atoms with van der Waals surface area (Å²) in [5, 5.41) is 5.33. The maximum Gasteiger partial charge on any atom is 0.319 e. The molecule has 0 bridgehead atoms. The van der Waals surface area contributed by atoms with Crippen LogP contribution in [0.25, 0.3) is 0 Å². The summed E-state index contributed by atoms with van der Waals surface area (Å²) < 4.78 is 4.47. The Hall–Kier alpha value is -2.04. The Labute approximate surface area is 107 Å². The van der Waals surface area contributed by atoms with Crippen molar-refractivity contribution in [2.24, 2.45) is 0 Å². The molecule has 0 aromatic heterocycles. The smallest absolute Gasteiger partial charge is 0.319 e. The topological polar surface area (TPSA) is 67.4 Å². The molecule has 18 heavy (non-hydrogen) atoms. The molecule has 0 aliphatic carbocycles. The van der Waals surface area contributed by atoms with Gasteiger partial charge in [0.1, 0.15) is 0 Å². The fourth-order valence-corrected chi connectivity index (χ4v) is 1.43. The van der Waals surface area contributed by atoms with E-state index in [1.807, 2.05) is 32.0 Å². The molecule has 0 unspecified atom stereocenters.